The number of imidazole rings is 1. The van der Waals surface area contributed by atoms with Crippen molar-refractivity contribution < 1.29 is 14.3 Å². The van der Waals surface area contributed by atoms with Gasteiger partial charge < -0.3 is 24.3 Å². The standard InChI is InChI=1S/C17H28N4O3/c1-14(10-20-7-6-18-13-20)19-17(22)21(11-15-4-2-8-23-15)12-16-5-3-9-24-16/h6-7,13-16H,2-5,8-12H2,1H3,(H,19,22)/t14-,15+,16+/m1/s1. The van der Waals surface area contributed by atoms with Crippen molar-refractivity contribution in [2.45, 2.75) is 57.4 Å². The summed E-state index contributed by atoms with van der Waals surface area (Å²) in [6.07, 6.45) is 9.93. The van der Waals surface area contributed by atoms with Crippen LogP contribution in [0.3, 0.4) is 0 Å². The van der Waals surface area contributed by atoms with Gasteiger partial charge in [-0.1, -0.05) is 0 Å². The Balaban J connectivity index is 1.54. The third kappa shape index (κ3) is 4.95. The normalized spacial score (nSPS) is 24.9. The molecule has 3 atom stereocenters. The average Bonchev–Trinajstić information content (AvgIpc) is 3.30. The van der Waals surface area contributed by atoms with Gasteiger partial charge in [-0.25, -0.2) is 9.78 Å². The second-order valence-corrected chi connectivity index (χ2v) is 6.79. The van der Waals surface area contributed by atoms with Crippen molar-refractivity contribution in [3.05, 3.63) is 18.7 Å². The van der Waals surface area contributed by atoms with E-state index in [1.807, 2.05) is 22.6 Å². The van der Waals surface area contributed by atoms with Gasteiger partial charge in [0, 0.05) is 51.3 Å². The average molecular weight is 336 g/mol. The van der Waals surface area contributed by atoms with Crippen molar-refractivity contribution in [3.8, 4) is 0 Å². The Hall–Kier alpha value is -1.60. The van der Waals surface area contributed by atoms with Crippen molar-refractivity contribution in [2.24, 2.45) is 0 Å². The zero-order chi connectivity index (χ0) is 16.8. The van der Waals surface area contributed by atoms with E-state index in [9.17, 15) is 4.79 Å². The molecule has 2 amide bonds. The Labute approximate surface area is 143 Å². The SMILES string of the molecule is C[C@H](Cn1ccnc1)NC(=O)N(C[C@@H]1CCCO1)C[C@@H]1CCCO1. The van der Waals surface area contributed by atoms with Gasteiger partial charge in [0.2, 0.25) is 0 Å². The Morgan fingerprint density at radius 2 is 1.96 bits per heavy atom. The lowest BCUT2D eigenvalue weighted by molar-refractivity contribution is 0.0493. The van der Waals surface area contributed by atoms with Crippen LogP contribution in [0.1, 0.15) is 32.6 Å². The van der Waals surface area contributed by atoms with Crippen LogP contribution in [0.4, 0.5) is 4.79 Å². The zero-order valence-electron chi connectivity index (χ0n) is 14.4. The first kappa shape index (κ1) is 17.2. The third-order valence-electron chi connectivity index (χ3n) is 4.60. The lowest BCUT2D eigenvalue weighted by Crippen LogP contribution is -2.49. The second-order valence-electron chi connectivity index (χ2n) is 6.79. The highest BCUT2D eigenvalue weighted by Crippen LogP contribution is 2.17. The summed E-state index contributed by atoms with van der Waals surface area (Å²) in [4.78, 5) is 18.6. The van der Waals surface area contributed by atoms with E-state index in [-0.39, 0.29) is 24.3 Å². The lowest BCUT2D eigenvalue weighted by Gasteiger charge is -2.29. The molecule has 7 nitrogen and oxygen atoms in total. The minimum Gasteiger partial charge on any atom is -0.376 e. The van der Waals surface area contributed by atoms with Crippen LogP contribution in [-0.4, -0.2) is 65.0 Å². The number of carbonyl (C=O) groups excluding carboxylic acids is 1. The van der Waals surface area contributed by atoms with Gasteiger partial charge in [0.15, 0.2) is 0 Å². The molecule has 3 rings (SSSR count). The molecule has 7 heteroatoms. The van der Waals surface area contributed by atoms with Crippen molar-refractivity contribution in [1.29, 1.82) is 0 Å². The zero-order valence-corrected chi connectivity index (χ0v) is 14.4. The molecule has 0 aliphatic carbocycles. The van der Waals surface area contributed by atoms with E-state index >= 15 is 0 Å². The summed E-state index contributed by atoms with van der Waals surface area (Å²) in [7, 11) is 0. The van der Waals surface area contributed by atoms with Gasteiger partial charge in [-0.3, -0.25) is 0 Å². The number of aromatic nitrogens is 2. The van der Waals surface area contributed by atoms with E-state index in [0.717, 1.165) is 38.9 Å². The molecule has 1 aromatic heterocycles. The van der Waals surface area contributed by atoms with Gasteiger partial charge >= 0.3 is 6.03 Å². The molecule has 3 heterocycles. The first-order chi connectivity index (χ1) is 11.7. The number of urea groups is 1. The van der Waals surface area contributed by atoms with Crippen LogP contribution in [0, 0.1) is 0 Å². The maximum absolute atomic E-state index is 12.7. The molecule has 0 unspecified atom stereocenters. The van der Waals surface area contributed by atoms with Crippen LogP contribution in [0.5, 0.6) is 0 Å². The van der Waals surface area contributed by atoms with Gasteiger partial charge in [-0.15, -0.1) is 0 Å². The van der Waals surface area contributed by atoms with Gasteiger partial charge in [-0.2, -0.15) is 0 Å². The highest BCUT2D eigenvalue weighted by atomic mass is 16.5. The Bertz CT molecular complexity index is 478. The maximum atomic E-state index is 12.7. The Morgan fingerprint density at radius 1 is 1.29 bits per heavy atom. The number of nitrogens with one attached hydrogen (secondary N) is 1. The molecule has 0 aromatic carbocycles. The molecule has 134 valence electrons. The van der Waals surface area contributed by atoms with Crippen molar-refractivity contribution in [3.63, 3.8) is 0 Å². The molecular formula is C17H28N4O3. The molecule has 0 bridgehead atoms. The van der Waals surface area contributed by atoms with Crippen molar-refractivity contribution in [1.82, 2.24) is 19.8 Å². The van der Waals surface area contributed by atoms with Crippen LogP contribution < -0.4 is 5.32 Å². The molecule has 1 aromatic rings. The summed E-state index contributed by atoms with van der Waals surface area (Å²) in [5, 5.41) is 3.09. The van der Waals surface area contributed by atoms with Crippen LogP contribution in [0.15, 0.2) is 18.7 Å². The number of hydrogen-bond acceptors (Lipinski definition) is 4. The van der Waals surface area contributed by atoms with Gasteiger partial charge in [0.25, 0.3) is 0 Å². The molecule has 2 fully saturated rings. The summed E-state index contributed by atoms with van der Waals surface area (Å²) >= 11 is 0. The maximum Gasteiger partial charge on any atom is 0.317 e. The Kier molecular flexibility index (Phi) is 6.09. The van der Waals surface area contributed by atoms with E-state index in [1.54, 1.807) is 12.5 Å². The Morgan fingerprint density at radius 3 is 2.46 bits per heavy atom. The predicted octanol–water partition coefficient (Wildman–Crippen LogP) is 1.64. The van der Waals surface area contributed by atoms with Crippen LogP contribution in [0.25, 0.3) is 0 Å². The van der Waals surface area contributed by atoms with Crippen LogP contribution in [-0.2, 0) is 16.0 Å². The smallest absolute Gasteiger partial charge is 0.317 e. The quantitative estimate of drug-likeness (QED) is 0.822. The molecule has 2 saturated heterocycles. The van der Waals surface area contributed by atoms with Crippen LogP contribution >= 0.6 is 0 Å². The second kappa shape index (κ2) is 8.48. The molecule has 0 radical (unpaired) electrons. The van der Waals surface area contributed by atoms with Crippen molar-refractivity contribution >= 4 is 6.03 Å². The lowest BCUT2D eigenvalue weighted by atomic mass is 10.2. The van der Waals surface area contributed by atoms with Gasteiger partial charge in [0.1, 0.15) is 0 Å². The number of rotatable bonds is 7. The number of carbonyl (C=O) groups is 1. The molecule has 0 saturated carbocycles. The van der Waals surface area contributed by atoms with Gasteiger partial charge in [-0.05, 0) is 32.6 Å². The minimum absolute atomic E-state index is 0.0307. The fraction of sp³-hybridized carbons (Fsp3) is 0.765. The van der Waals surface area contributed by atoms with E-state index in [4.69, 9.17) is 9.47 Å². The first-order valence-corrected chi connectivity index (χ1v) is 8.95. The summed E-state index contributed by atoms with van der Waals surface area (Å²) in [5.74, 6) is 0. The van der Waals surface area contributed by atoms with Gasteiger partial charge in [0.05, 0.1) is 18.5 Å². The van der Waals surface area contributed by atoms with Crippen molar-refractivity contribution in [2.75, 3.05) is 26.3 Å². The number of amides is 2. The third-order valence-corrected chi connectivity index (χ3v) is 4.60. The number of nitrogens with zero attached hydrogens (tertiary/aromatic N) is 3. The monoisotopic (exact) mass is 336 g/mol. The summed E-state index contributed by atoms with van der Waals surface area (Å²) in [6.45, 7) is 5.61. The van der Waals surface area contributed by atoms with Crippen LogP contribution in [0.2, 0.25) is 0 Å². The first-order valence-electron chi connectivity index (χ1n) is 8.95. The predicted molar refractivity (Wildman–Crippen MR) is 89.7 cm³/mol. The van der Waals surface area contributed by atoms with E-state index < -0.39 is 0 Å². The van der Waals surface area contributed by atoms with E-state index in [0.29, 0.717) is 19.6 Å². The summed E-state index contributed by atoms with van der Waals surface area (Å²) in [5.41, 5.74) is 0. The summed E-state index contributed by atoms with van der Waals surface area (Å²) in [6, 6.07) is -0.00296. The molecule has 2 aliphatic heterocycles. The minimum atomic E-state index is -0.0337. The topological polar surface area (TPSA) is 68.6 Å². The highest BCUT2D eigenvalue weighted by Gasteiger charge is 2.27. The molecule has 2 aliphatic rings. The fourth-order valence-electron chi connectivity index (χ4n) is 3.37. The summed E-state index contributed by atoms with van der Waals surface area (Å²) < 4.78 is 13.4. The molecule has 1 N–H and O–H groups in total. The fourth-order valence-corrected chi connectivity index (χ4v) is 3.37. The molecule has 24 heavy (non-hydrogen) atoms. The molecule has 0 spiro atoms. The van der Waals surface area contributed by atoms with E-state index in [2.05, 4.69) is 10.3 Å². The molecular weight excluding hydrogens is 308 g/mol. The number of hydrogen-bond donors (Lipinski definition) is 1. The largest absolute Gasteiger partial charge is 0.376 e. The highest BCUT2D eigenvalue weighted by molar-refractivity contribution is 5.74. The number of ether oxygens (including phenoxy) is 2. The van der Waals surface area contributed by atoms with E-state index in [1.165, 1.54) is 0 Å².